The van der Waals surface area contributed by atoms with Gasteiger partial charge >= 0.3 is 0 Å². The van der Waals surface area contributed by atoms with E-state index < -0.39 is 0 Å². The number of amides is 2. The molecule has 1 N–H and O–H groups in total. The molecular formula is C19H20N2O3. The van der Waals surface area contributed by atoms with Crippen LogP contribution < -0.4 is 15.0 Å². The summed E-state index contributed by atoms with van der Waals surface area (Å²) in [7, 11) is 1.59. The fourth-order valence-corrected chi connectivity index (χ4v) is 2.81. The van der Waals surface area contributed by atoms with Gasteiger partial charge in [-0.25, -0.2) is 0 Å². The van der Waals surface area contributed by atoms with Gasteiger partial charge in [-0.1, -0.05) is 23.8 Å². The molecule has 1 aliphatic heterocycles. The Morgan fingerprint density at radius 1 is 1.21 bits per heavy atom. The van der Waals surface area contributed by atoms with E-state index in [1.165, 1.54) is 0 Å². The van der Waals surface area contributed by atoms with Crippen molar-refractivity contribution in [1.29, 1.82) is 0 Å². The molecule has 1 saturated heterocycles. The lowest BCUT2D eigenvalue weighted by molar-refractivity contribution is -0.117. The van der Waals surface area contributed by atoms with E-state index in [9.17, 15) is 9.59 Å². The molecule has 0 unspecified atom stereocenters. The van der Waals surface area contributed by atoms with Crippen LogP contribution in [-0.2, 0) is 4.79 Å². The van der Waals surface area contributed by atoms with Crippen molar-refractivity contribution in [3.8, 4) is 5.75 Å². The highest BCUT2D eigenvalue weighted by atomic mass is 16.5. The van der Waals surface area contributed by atoms with Gasteiger partial charge in [0.1, 0.15) is 5.75 Å². The smallest absolute Gasteiger partial charge is 0.251 e. The quantitative estimate of drug-likeness (QED) is 0.940. The van der Waals surface area contributed by atoms with E-state index in [1.54, 1.807) is 24.1 Å². The molecule has 0 aliphatic carbocycles. The SMILES string of the molecule is COc1cccc(N2C[C@H](NC(=O)c3ccc(C)cc3)CC2=O)c1. The number of methoxy groups -OCH3 is 1. The Hall–Kier alpha value is -2.82. The van der Waals surface area contributed by atoms with Crippen LogP contribution in [0.3, 0.4) is 0 Å². The third kappa shape index (κ3) is 3.40. The maximum atomic E-state index is 12.3. The Morgan fingerprint density at radius 3 is 2.67 bits per heavy atom. The normalized spacial score (nSPS) is 17.0. The number of nitrogens with zero attached hydrogens (tertiary/aromatic N) is 1. The summed E-state index contributed by atoms with van der Waals surface area (Å²) in [5.74, 6) is 0.546. The van der Waals surface area contributed by atoms with Gasteiger partial charge in [-0.05, 0) is 31.2 Å². The van der Waals surface area contributed by atoms with Crippen LogP contribution in [-0.4, -0.2) is 31.5 Å². The fourth-order valence-electron chi connectivity index (χ4n) is 2.81. The summed E-state index contributed by atoms with van der Waals surface area (Å²) in [6, 6.07) is 14.6. The van der Waals surface area contributed by atoms with Crippen molar-refractivity contribution in [1.82, 2.24) is 5.32 Å². The van der Waals surface area contributed by atoms with Crippen molar-refractivity contribution in [2.24, 2.45) is 0 Å². The lowest BCUT2D eigenvalue weighted by Gasteiger charge is -2.18. The molecule has 5 nitrogen and oxygen atoms in total. The van der Waals surface area contributed by atoms with Gasteiger partial charge < -0.3 is 15.0 Å². The van der Waals surface area contributed by atoms with Crippen molar-refractivity contribution in [3.63, 3.8) is 0 Å². The van der Waals surface area contributed by atoms with Crippen molar-refractivity contribution in [2.75, 3.05) is 18.6 Å². The molecule has 2 amide bonds. The zero-order chi connectivity index (χ0) is 17.1. The van der Waals surface area contributed by atoms with Gasteiger partial charge in [0, 0.05) is 30.3 Å². The molecule has 2 aromatic rings. The number of rotatable bonds is 4. The van der Waals surface area contributed by atoms with Gasteiger partial charge in [-0.2, -0.15) is 0 Å². The third-order valence-electron chi connectivity index (χ3n) is 4.14. The van der Waals surface area contributed by atoms with Crippen LogP contribution in [0.15, 0.2) is 48.5 Å². The maximum Gasteiger partial charge on any atom is 0.251 e. The molecule has 1 fully saturated rings. The van der Waals surface area contributed by atoms with Crippen LogP contribution >= 0.6 is 0 Å². The van der Waals surface area contributed by atoms with Crippen molar-refractivity contribution in [2.45, 2.75) is 19.4 Å². The van der Waals surface area contributed by atoms with Crippen molar-refractivity contribution >= 4 is 17.5 Å². The molecule has 0 spiro atoms. The van der Waals surface area contributed by atoms with Gasteiger partial charge in [0.15, 0.2) is 0 Å². The maximum absolute atomic E-state index is 12.3. The minimum Gasteiger partial charge on any atom is -0.497 e. The second-order valence-electron chi connectivity index (χ2n) is 5.95. The molecule has 1 atom stereocenters. The molecule has 3 rings (SSSR count). The van der Waals surface area contributed by atoms with Crippen molar-refractivity contribution in [3.05, 3.63) is 59.7 Å². The Labute approximate surface area is 141 Å². The van der Waals surface area contributed by atoms with Crippen molar-refractivity contribution < 1.29 is 14.3 Å². The summed E-state index contributed by atoms with van der Waals surface area (Å²) < 4.78 is 5.20. The van der Waals surface area contributed by atoms with E-state index in [1.807, 2.05) is 43.3 Å². The highest BCUT2D eigenvalue weighted by Gasteiger charge is 2.31. The van der Waals surface area contributed by atoms with Crippen LogP contribution in [0, 0.1) is 6.92 Å². The number of nitrogens with one attached hydrogen (secondary N) is 1. The number of carbonyl (C=O) groups excluding carboxylic acids is 2. The third-order valence-corrected chi connectivity index (χ3v) is 4.14. The highest BCUT2D eigenvalue weighted by molar-refractivity contribution is 5.99. The Kier molecular flexibility index (Phi) is 4.51. The topological polar surface area (TPSA) is 58.6 Å². The van der Waals surface area contributed by atoms with Crippen LogP contribution in [0.25, 0.3) is 0 Å². The zero-order valence-corrected chi connectivity index (χ0v) is 13.8. The molecule has 0 saturated carbocycles. The van der Waals surface area contributed by atoms with E-state index in [0.717, 1.165) is 11.3 Å². The average Bonchev–Trinajstić information content (AvgIpc) is 2.95. The molecule has 0 radical (unpaired) electrons. The van der Waals surface area contributed by atoms with Crippen LogP contribution in [0.5, 0.6) is 5.75 Å². The minimum atomic E-state index is -0.197. The summed E-state index contributed by atoms with van der Waals surface area (Å²) in [5.41, 5.74) is 2.49. The van der Waals surface area contributed by atoms with Gasteiger partial charge in [0.05, 0.1) is 13.2 Å². The molecule has 5 heteroatoms. The molecular weight excluding hydrogens is 304 g/mol. The van der Waals surface area contributed by atoms with E-state index >= 15 is 0 Å². The number of carbonyl (C=O) groups is 2. The molecule has 2 aromatic carbocycles. The Balaban J connectivity index is 1.68. The first-order valence-corrected chi connectivity index (χ1v) is 7.89. The van der Waals surface area contributed by atoms with Gasteiger partial charge in [0.25, 0.3) is 5.91 Å². The molecule has 124 valence electrons. The van der Waals surface area contributed by atoms with Crippen LogP contribution in [0.4, 0.5) is 5.69 Å². The van der Waals surface area contributed by atoms with E-state index in [-0.39, 0.29) is 17.9 Å². The molecule has 24 heavy (non-hydrogen) atoms. The van der Waals surface area contributed by atoms with E-state index in [0.29, 0.717) is 24.3 Å². The molecule has 0 bridgehead atoms. The Bertz CT molecular complexity index is 755. The number of ether oxygens (including phenoxy) is 1. The highest BCUT2D eigenvalue weighted by Crippen LogP contribution is 2.25. The molecule has 0 aromatic heterocycles. The summed E-state index contributed by atoms with van der Waals surface area (Å²) in [6.07, 6.45) is 0.300. The monoisotopic (exact) mass is 324 g/mol. The molecule has 1 aliphatic rings. The summed E-state index contributed by atoms with van der Waals surface area (Å²) in [4.78, 5) is 26.3. The first kappa shape index (κ1) is 16.1. The average molecular weight is 324 g/mol. The Morgan fingerprint density at radius 2 is 1.96 bits per heavy atom. The van der Waals surface area contributed by atoms with E-state index in [4.69, 9.17) is 4.74 Å². The lowest BCUT2D eigenvalue weighted by Crippen LogP contribution is -2.37. The minimum absolute atomic E-state index is 0.00235. The predicted octanol–water partition coefficient (Wildman–Crippen LogP) is 2.54. The lowest BCUT2D eigenvalue weighted by atomic mass is 10.1. The fraction of sp³-hybridized carbons (Fsp3) is 0.263. The number of benzene rings is 2. The van der Waals surface area contributed by atoms with Gasteiger partial charge in [-0.3, -0.25) is 9.59 Å². The molecule has 1 heterocycles. The summed E-state index contributed by atoms with van der Waals surface area (Å²) in [5, 5.41) is 2.94. The number of anilines is 1. The standard InChI is InChI=1S/C19H20N2O3/c1-13-6-8-14(9-7-13)19(23)20-15-10-18(22)21(12-15)16-4-3-5-17(11-16)24-2/h3-9,11,15H,10,12H2,1-2H3,(H,20,23)/t15-/m1/s1. The number of aryl methyl sites for hydroxylation is 1. The van der Waals surface area contributed by atoms with E-state index in [2.05, 4.69) is 5.32 Å². The number of hydrogen-bond acceptors (Lipinski definition) is 3. The summed E-state index contributed by atoms with van der Waals surface area (Å²) in [6.45, 7) is 2.44. The van der Waals surface area contributed by atoms with Crippen LogP contribution in [0.2, 0.25) is 0 Å². The van der Waals surface area contributed by atoms with Gasteiger partial charge in [-0.15, -0.1) is 0 Å². The first-order valence-electron chi connectivity index (χ1n) is 7.89. The van der Waals surface area contributed by atoms with Gasteiger partial charge in [0.2, 0.25) is 5.91 Å². The number of hydrogen-bond donors (Lipinski definition) is 1. The predicted molar refractivity (Wildman–Crippen MR) is 92.4 cm³/mol. The second kappa shape index (κ2) is 6.74. The summed E-state index contributed by atoms with van der Waals surface area (Å²) >= 11 is 0. The first-order chi connectivity index (χ1) is 11.6. The zero-order valence-electron chi connectivity index (χ0n) is 13.8. The largest absolute Gasteiger partial charge is 0.497 e. The van der Waals surface area contributed by atoms with Crippen LogP contribution in [0.1, 0.15) is 22.3 Å². The second-order valence-corrected chi connectivity index (χ2v) is 5.95.